The lowest BCUT2D eigenvalue weighted by Crippen LogP contribution is -2.42. The predicted octanol–water partition coefficient (Wildman–Crippen LogP) is 3.19. The van der Waals surface area contributed by atoms with Crippen molar-refractivity contribution in [3.8, 4) is 0 Å². The molecule has 2 aromatic rings. The number of rotatable bonds is 10. The molecule has 0 aromatic heterocycles. The van der Waals surface area contributed by atoms with Crippen LogP contribution in [0.2, 0.25) is 0 Å². The first-order valence-corrected chi connectivity index (χ1v) is 8.97. The number of carbonyl (C=O) groups is 2. The van der Waals surface area contributed by atoms with Crippen LogP contribution in [0.15, 0.2) is 60.7 Å². The third kappa shape index (κ3) is 7.92. The van der Waals surface area contributed by atoms with Gasteiger partial charge in [0.25, 0.3) is 0 Å². The molecule has 1 amide bonds. The maximum absolute atomic E-state index is 12.4. The van der Waals surface area contributed by atoms with Gasteiger partial charge >= 0.3 is 12.1 Å². The molecule has 2 aromatic carbocycles. The monoisotopic (exact) mass is 371 g/mol. The topological polar surface area (TPSA) is 84.9 Å². The number of ether oxygens (including phenoxy) is 2. The molecule has 0 aliphatic heterocycles. The molecule has 0 heterocycles. The minimum absolute atomic E-state index is 0.0320. The van der Waals surface area contributed by atoms with Crippen LogP contribution in [0.4, 0.5) is 4.79 Å². The molecule has 0 aliphatic carbocycles. The van der Waals surface area contributed by atoms with Crippen LogP contribution in [0.25, 0.3) is 0 Å². The van der Waals surface area contributed by atoms with Gasteiger partial charge in [-0.2, -0.15) is 0 Å². The maximum Gasteiger partial charge on any atom is 0.408 e. The smallest absolute Gasteiger partial charge is 0.408 e. The van der Waals surface area contributed by atoms with Gasteiger partial charge in [-0.25, -0.2) is 9.59 Å². The number of aliphatic hydroxyl groups excluding tert-OH is 1. The number of alkyl carbamates (subject to hydrolysis) is 1. The van der Waals surface area contributed by atoms with Gasteiger partial charge in [0.15, 0.2) is 0 Å². The Hall–Kier alpha value is -2.86. The molecular formula is C21H25NO5. The fourth-order valence-electron chi connectivity index (χ4n) is 2.45. The van der Waals surface area contributed by atoms with E-state index in [1.54, 1.807) is 0 Å². The Kier molecular flexibility index (Phi) is 8.86. The quantitative estimate of drug-likeness (QED) is 0.495. The highest BCUT2D eigenvalue weighted by Gasteiger charge is 2.22. The summed E-state index contributed by atoms with van der Waals surface area (Å²) in [6, 6.07) is 17.8. The molecule has 0 radical (unpaired) electrons. The molecule has 2 rings (SSSR count). The molecule has 27 heavy (non-hydrogen) atoms. The fraction of sp³-hybridized carbons (Fsp3) is 0.333. The second kappa shape index (κ2) is 11.7. The van der Waals surface area contributed by atoms with Gasteiger partial charge in [0, 0.05) is 6.61 Å². The van der Waals surface area contributed by atoms with E-state index < -0.39 is 18.1 Å². The lowest BCUT2D eigenvalue weighted by Gasteiger charge is -2.17. The largest absolute Gasteiger partial charge is 0.459 e. The number of hydrogen-bond donors (Lipinski definition) is 2. The van der Waals surface area contributed by atoms with Gasteiger partial charge in [0.1, 0.15) is 19.3 Å². The summed E-state index contributed by atoms with van der Waals surface area (Å²) in [7, 11) is 0. The summed E-state index contributed by atoms with van der Waals surface area (Å²) in [5.74, 6) is -0.520. The third-order valence-electron chi connectivity index (χ3n) is 3.91. The number of unbranched alkanes of at least 4 members (excludes halogenated alkanes) is 1. The van der Waals surface area contributed by atoms with Crippen LogP contribution in [-0.2, 0) is 27.5 Å². The number of nitrogens with one attached hydrogen (secondary N) is 1. The van der Waals surface area contributed by atoms with Crippen LogP contribution < -0.4 is 5.32 Å². The van der Waals surface area contributed by atoms with Crippen LogP contribution in [0.3, 0.4) is 0 Å². The standard InChI is InChI=1S/C21H25NO5/c23-14-8-7-13-19(20(24)26-15-17-9-3-1-4-10-17)22-21(25)27-16-18-11-5-2-6-12-18/h1-6,9-12,19,23H,7-8,13-16H2,(H,22,25). The van der Waals surface area contributed by atoms with E-state index in [-0.39, 0.29) is 19.8 Å². The SMILES string of the molecule is O=C(NC(CCCCO)C(=O)OCc1ccccc1)OCc1ccccc1. The minimum atomic E-state index is -0.816. The molecule has 0 bridgehead atoms. The molecule has 1 atom stereocenters. The van der Waals surface area contributed by atoms with Gasteiger partial charge in [0.2, 0.25) is 0 Å². The zero-order chi connectivity index (χ0) is 19.3. The number of aliphatic hydroxyl groups is 1. The Morgan fingerprint density at radius 2 is 1.41 bits per heavy atom. The summed E-state index contributed by atoms with van der Waals surface area (Å²) in [4.78, 5) is 24.4. The van der Waals surface area contributed by atoms with E-state index in [1.807, 2.05) is 60.7 Å². The van der Waals surface area contributed by atoms with Crippen molar-refractivity contribution in [2.75, 3.05) is 6.61 Å². The second-order valence-corrected chi connectivity index (χ2v) is 6.07. The number of benzene rings is 2. The molecule has 6 heteroatoms. The molecule has 0 saturated heterocycles. The fourth-order valence-corrected chi connectivity index (χ4v) is 2.45. The minimum Gasteiger partial charge on any atom is -0.459 e. The van der Waals surface area contributed by atoms with Crippen molar-refractivity contribution in [2.45, 2.75) is 38.5 Å². The summed E-state index contributed by atoms with van der Waals surface area (Å²) in [6.07, 6.45) is 0.822. The highest BCUT2D eigenvalue weighted by Crippen LogP contribution is 2.08. The van der Waals surface area contributed by atoms with Gasteiger partial charge in [-0.05, 0) is 30.4 Å². The molecule has 0 saturated carbocycles. The summed E-state index contributed by atoms with van der Waals surface area (Å²) >= 11 is 0. The first-order chi connectivity index (χ1) is 13.2. The van der Waals surface area contributed by atoms with Crippen molar-refractivity contribution < 1.29 is 24.2 Å². The average Bonchev–Trinajstić information content (AvgIpc) is 2.71. The van der Waals surface area contributed by atoms with Crippen molar-refractivity contribution in [1.82, 2.24) is 5.32 Å². The van der Waals surface area contributed by atoms with Crippen LogP contribution in [-0.4, -0.2) is 29.8 Å². The molecular weight excluding hydrogens is 346 g/mol. The molecule has 2 N–H and O–H groups in total. The number of amides is 1. The van der Waals surface area contributed by atoms with Crippen LogP contribution in [0.5, 0.6) is 0 Å². The van der Waals surface area contributed by atoms with Crippen molar-refractivity contribution >= 4 is 12.1 Å². The highest BCUT2D eigenvalue weighted by molar-refractivity contribution is 5.81. The molecule has 144 valence electrons. The summed E-state index contributed by atoms with van der Waals surface area (Å²) < 4.78 is 10.5. The van der Waals surface area contributed by atoms with E-state index in [1.165, 1.54) is 0 Å². The Bertz CT molecular complexity index is 690. The Labute approximate surface area is 159 Å². The molecule has 6 nitrogen and oxygen atoms in total. The van der Waals surface area contributed by atoms with Gasteiger partial charge < -0.3 is 19.9 Å². The second-order valence-electron chi connectivity index (χ2n) is 6.07. The molecule has 1 unspecified atom stereocenters. The van der Waals surface area contributed by atoms with Gasteiger partial charge in [-0.3, -0.25) is 0 Å². The highest BCUT2D eigenvalue weighted by atomic mass is 16.6. The number of hydrogen-bond acceptors (Lipinski definition) is 5. The zero-order valence-electron chi connectivity index (χ0n) is 15.2. The number of esters is 1. The van der Waals surface area contributed by atoms with Crippen LogP contribution >= 0.6 is 0 Å². The van der Waals surface area contributed by atoms with Crippen LogP contribution in [0, 0.1) is 0 Å². The Balaban J connectivity index is 1.85. The van der Waals surface area contributed by atoms with E-state index in [0.29, 0.717) is 19.3 Å². The maximum atomic E-state index is 12.4. The predicted molar refractivity (Wildman–Crippen MR) is 101 cm³/mol. The van der Waals surface area contributed by atoms with Crippen LogP contribution in [0.1, 0.15) is 30.4 Å². The molecule has 0 fully saturated rings. The van der Waals surface area contributed by atoms with Crippen molar-refractivity contribution in [2.24, 2.45) is 0 Å². The van der Waals surface area contributed by atoms with Crippen molar-refractivity contribution in [3.05, 3.63) is 71.8 Å². The van der Waals surface area contributed by atoms with Gasteiger partial charge in [-0.1, -0.05) is 60.7 Å². The summed E-state index contributed by atoms with van der Waals surface area (Å²) in [5.41, 5.74) is 1.72. The van der Waals surface area contributed by atoms with Gasteiger partial charge in [0.05, 0.1) is 0 Å². The summed E-state index contributed by atoms with van der Waals surface area (Å²) in [6.45, 7) is 0.288. The van der Waals surface area contributed by atoms with E-state index in [9.17, 15) is 9.59 Å². The third-order valence-corrected chi connectivity index (χ3v) is 3.91. The molecule has 0 spiro atoms. The lowest BCUT2D eigenvalue weighted by atomic mass is 10.1. The number of carbonyl (C=O) groups excluding carboxylic acids is 2. The lowest BCUT2D eigenvalue weighted by molar-refractivity contribution is -0.147. The Morgan fingerprint density at radius 3 is 1.96 bits per heavy atom. The average molecular weight is 371 g/mol. The zero-order valence-corrected chi connectivity index (χ0v) is 15.2. The van der Waals surface area contributed by atoms with Crippen molar-refractivity contribution in [3.63, 3.8) is 0 Å². The van der Waals surface area contributed by atoms with Gasteiger partial charge in [-0.15, -0.1) is 0 Å². The Morgan fingerprint density at radius 1 is 0.852 bits per heavy atom. The van der Waals surface area contributed by atoms with E-state index in [4.69, 9.17) is 14.6 Å². The first-order valence-electron chi connectivity index (χ1n) is 8.97. The van der Waals surface area contributed by atoms with Crippen molar-refractivity contribution in [1.29, 1.82) is 0 Å². The van der Waals surface area contributed by atoms with E-state index in [0.717, 1.165) is 11.1 Å². The summed E-state index contributed by atoms with van der Waals surface area (Å²) in [5, 5.41) is 11.5. The normalized spacial score (nSPS) is 11.4. The van der Waals surface area contributed by atoms with E-state index >= 15 is 0 Å². The molecule has 0 aliphatic rings. The first kappa shape index (κ1) is 20.5. The van der Waals surface area contributed by atoms with E-state index in [2.05, 4.69) is 5.32 Å².